The molecule has 208 valence electrons. The number of nitrogens with zero attached hydrogens (tertiary/aromatic N) is 3. The van der Waals surface area contributed by atoms with Crippen LogP contribution in [-0.4, -0.2) is 53.8 Å². The van der Waals surface area contributed by atoms with E-state index in [0.29, 0.717) is 10.7 Å². The van der Waals surface area contributed by atoms with Crippen LogP contribution in [0.25, 0.3) is 0 Å². The van der Waals surface area contributed by atoms with Crippen LogP contribution in [-0.2, 0) is 0 Å². The monoisotopic (exact) mass is 550 g/mol. The van der Waals surface area contributed by atoms with Crippen LogP contribution in [0.2, 0.25) is 0 Å². The van der Waals surface area contributed by atoms with Gasteiger partial charge in [0.25, 0.3) is 0 Å². The van der Waals surface area contributed by atoms with Gasteiger partial charge in [-0.2, -0.15) is 0 Å². The lowest BCUT2D eigenvalue weighted by Gasteiger charge is -2.40. The Morgan fingerprint density at radius 3 is 2.24 bits per heavy atom. The van der Waals surface area contributed by atoms with E-state index in [-0.39, 0.29) is 5.75 Å². The van der Waals surface area contributed by atoms with E-state index in [1.165, 1.54) is 24.3 Å². The Morgan fingerprint density at radius 2 is 1.68 bits per heavy atom. The molecule has 1 fully saturated rings. The number of alkyl halides is 3. The van der Waals surface area contributed by atoms with E-state index in [0.717, 1.165) is 68.4 Å². The van der Waals surface area contributed by atoms with Crippen molar-refractivity contribution < 1.29 is 17.9 Å². The van der Waals surface area contributed by atoms with Crippen molar-refractivity contribution in [2.45, 2.75) is 40.0 Å². The molecule has 2 rings (SSSR count). The van der Waals surface area contributed by atoms with Crippen LogP contribution in [0.5, 0.6) is 5.75 Å². The maximum Gasteiger partial charge on any atom is 0.573 e. The van der Waals surface area contributed by atoms with Gasteiger partial charge in [0.05, 0.1) is 11.4 Å². The van der Waals surface area contributed by atoms with Crippen molar-refractivity contribution in [3.63, 3.8) is 0 Å². The van der Waals surface area contributed by atoms with E-state index in [1.807, 2.05) is 38.3 Å². The van der Waals surface area contributed by atoms with E-state index in [2.05, 4.69) is 51.4 Å². The smallest absolute Gasteiger partial charge is 0.406 e. The van der Waals surface area contributed by atoms with Gasteiger partial charge in [-0.05, 0) is 56.7 Å². The summed E-state index contributed by atoms with van der Waals surface area (Å²) in [4.78, 5) is 6.52. The molecule has 0 spiro atoms. The molecule has 1 heterocycles. The fraction of sp³-hybridized carbons (Fsp3) is 0.379. The zero-order chi connectivity index (χ0) is 28.3. The molecule has 9 heteroatoms. The van der Waals surface area contributed by atoms with Gasteiger partial charge in [-0.15, -0.1) is 13.2 Å². The van der Waals surface area contributed by atoms with Gasteiger partial charge in [0.2, 0.25) is 0 Å². The van der Waals surface area contributed by atoms with Gasteiger partial charge >= 0.3 is 6.36 Å². The van der Waals surface area contributed by atoms with Crippen LogP contribution in [0.3, 0.4) is 0 Å². The maximum atomic E-state index is 12.4. The third kappa shape index (κ3) is 10.2. The molecule has 0 aliphatic carbocycles. The fourth-order valence-electron chi connectivity index (χ4n) is 3.83. The number of hydrogen-bond donors (Lipinski definition) is 1. The first-order valence-corrected chi connectivity index (χ1v) is 13.0. The SMILES string of the molecule is C=C(C(=C)N1CCN(C(=C)/C=C\C(Cl)=C/C)CC1)N(/C=C(\C)Nc1ccc(OC(F)(F)F)cc1)CCCC. The predicted octanol–water partition coefficient (Wildman–Crippen LogP) is 7.82. The molecule has 0 unspecified atom stereocenters. The van der Waals surface area contributed by atoms with Gasteiger partial charge in [0.1, 0.15) is 5.75 Å². The Morgan fingerprint density at radius 1 is 1.08 bits per heavy atom. The van der Waals surface area contributed by atoms with Crippen LogP contribution in [0, 0.1) is 0 Å². The molecule has 1 aliphatic heterocycles. The molecule has 38 heavy (non-hydrogen) atoms. The first kappa shape index (κ1) is 31.0. The standard InChI is InChI=1S/C29H38ClF3N4O/c1-7-9-16-37(21-22(3)34-27-12-14-28(15-13-27)38-29(31,32)33)25(6)24(5)36-19-17-35(18-20-36)23(4)10-11-26(30)8-2/h8,10-15,21,34H,4-7,9,16-20H2,1-3H3/b11-10-,22-21+,26-8+. The van der Waals surface area contributed by atoms with Gasteiger partial charge < -0.3 is 24.8 Å². The summed E-state index contributed by atoms with van der Waals surface area (Å²) in [5.41, 5.74) is 4.04. The van der Waals surface area contributed by atoms with Gasteiger partial charge in [-0.3, -0.25) is 0 Å². The highest BCUT2D eigenvalue weighted by Gasteiger charge is 2.31. The molecule has 1 N–H and O–H groups in total. The molecule has 0 atom stereocenters. The Kier molecular flexibility index (Phi) is 11.9. The highest BCUT2D eigenvalue weighted by atomic mass is 35.5. The number of hydrogen-bond acceptors (Lipinski definition) is 5. The first-order chi connectivity index (χ1) is 17.9. The Hall–Kier alpha value is -3.26. The molecular weight excluding hydrogens is 513 g/mol. The molecule has 1 aliphatic rings. The van der Waals surface area contributed by atoms with Crippen molar-refractivity contribution in [1.29, 1.82) is 0 Å². The van der Waals surface area contributed by atoms with Gasteiger partial charge in [-0.25, -0.2) is 0 Å². The van der Waals surface area contributed by atoms with Gasteiger partial charge in [0, 0.05) is 61.0 Å². The summed E-state index contributed by atoms with van der Waals surface area (Å²) in [5.74, 6) is -0.264. The molecule has 1 aromatic carbocycles. The maximum absolute atomic E-state index is 12.4. The largest absolute Gasteiger partial charge is 0.573 e. The lowest BCUT2D eigenvalue weighted by Crippen LogP contribution is -2.45. The van der Waals surface area contributed by atoms with E-state index in [4.69, 9.17) is 11.6 Å². The fourth-order valence-corrected chi connectivity index (χ4v) is 3.89. The third-order valence-corrected chi connectivity index (χ3v) is 6.33. The number of halogens is 4. The van der Waals surface area contributed by atoms with E-state index in [1.54, 1.807) is 0 Å². The lowest BCUT2D eigenvalue weighted by atomic mass is 10.2. The summed E-state index contributed by atoms with van der Waals surface area (Å²) in [7, 11) is 0. The van der Waals surface area contributed by atoms with Crippen LogP contribution < -0.4 is 10.1 Å². The second kappa shape index (κ2) is 14.6. The number of anilines is 1. The summed E-state index contributed by atoms with van der Waals surface area (Å²) < 4.78 is 41.2. The van der Waals surface area contributed by atoms with Crippen LogP contribution in [0.15, 0.2) is 96.3 Å². The van der Waals surface area contributed by atoms with E-state index in [9.17, 15) is 13.2 Å². The normalized spacial score (nSPS) is 15.0. The van der Waals surface area contributed by atoms with Crippen molar-refractivity contribution in [3.05, 3.63) is 96.3 Å². The number of benzene rings is 1. The van der Waals surface area contributed by atoms with Crippen LogP contribution in [0.4, 0.5) is 18.9 Å². The average molecular weight is 551 g/mol. The molecule has 0 radical (unpaired) electrons. The molecular formula is C29H38ClF3N4O. The summed E-state index contributed by atoms with van der Waals surface area (Å²) >= 11 is 6.05. The number of rotatable bonds is 13. The molecule has 1 saturated heterocycles. The third-order valence-electron chi connectivity index (χ3n) is 5.99. The zero-order valence-corrected chi connectivity index (χ0v) is 23.2. The Labute approximate surface area is 229 Å². The number of allylic oxidation sites excluding steroid dienone is 5. The zero-order valence-electron chi connectivity index (χ0n) is 22.5. The highest BCUT2D eigenvalue weighted by Crippen LogP contribution is 2.25. The minimum Gasteiger partial charge on any atom is -0.406 e. The molecule has 0 bridgehead atoms. The second-order valence-corrected chi connectivity index (χ2v) is 9.36. The van der Waals surface area contributed by atoms with E-state index < -0.39 is 6.36 Å². The summed E-state index contributed by atoms with van der Waals surface area (Å²) in [6, 6.07) is 5.63. The van der Waals surface area contributed by atoms with Crippen LogP contribution >= 0.6 is 11.6 Å². The Bertz CT molecular complexity index is 1050. The number of piperazine rings is 1. The van der Waals surface area contributed by atoms with Gasteiger partial charge in [0.15, 0.2) is 0 Å². The van der Waals surface area contributed by atoms with Crippen molar-refractivity contribution in [2.75, 3.05) is 38.0 Å². The topological polar surface area (TPSA) is 31.0 Å². The molecule has 0 amide bonds. The first-order valence-electron chi connectivity index (χ1n) is 12.6. The minimum absolute atomic E-state index is 0.264. The number of ether oxygens (including phenoxy) is 1. The Balaban J connectivity index is 2.01. The van der Waals surface area contributed by atoms with Crippen molar-refractivity contribution >= 4 is 17.3 Å². The molecule has 5 nitrogen and oxygen atoms in total. The van der Waals surface area contributed by atoms with Crippen molar-refractivity contribution in [1.82, 2.24) is 14.7 Å². The quantitative estimate of drug-likeness (QED) is 0.253. The second-order valence-electron chi connectivity index (χ2n) is 8.92. The molecule has 0 aromatic heterocycles. The highest BCUT2D eigenvalue weighted by molar-refractivity contribution is 6.31. The average Bonchev–Trinajstić information content (AvgIpc) is 2.88. The van der Waals surface area contributed by atoms with Gasteiger partial charge in [-0.1, -0.05) is 50.8 Å². The summed E-state index contributed by atoms with van der Waals surface area (Å²) in [5, 5.41) is 3.89. The van der Waals surface area contributed by atoms with Crippen LogP contribution in [0.1, 0.15) is 33.6 Å². The summed E-state index contributed by atoms with van der Waals surface area (Å²) in [6.07, 6.45) is 4.82. The predicted molar refractivity (Wildman–Crippen MR) is 151 cm³/mol. The molecule has 0 saturated carbocycles. The minimum atomic E-state index is -4.72. The summed E-state index contributed by atoms with van der Waals surface area (Å²) in [6.45, 7) is 22.7. The van der Waals surface area contributed by atoms with E-state index >= 15 is 0 Å². The lowest BCUT2D eigenvalue weighted by molar-refractivity contribution is -0.274. The number of nitrogens with one attached hydrogen (secondary N) is 1. The van der Waals surface area contributed by atoms with Crippen molar-refractivity contribution in [3.8, 4) is 5.75 Å². The van der Waals surface area contributed by atoms with Crippen molar-refractivity contribution in [2.24, 2.45) is 0 Å². The molecule has 1 aromatic rings. The number of unbranched alkanes of at least 4 members (excludes halogenated alkanes) is 1.